The van der Waals surface area contributed by atoms with Crippen LogP contribution in [-0.4, -0.2) is 119 Å². The van der Waals surface area contributed by atoms with Gasteiger partial charge in [-0.15, -0.1) is 0 Å². The number of carbonyl (C=O) groups excluding carboxylic acids is 2. The molecular formula is C47H61F2N9O3S. The van der Waals surface area contributed by atoms with E-state index in [1.165, 1.54) is 24.5 Å². The fourth-order valence-electron chi connectivity index (χ4n) is 10.9. The molecule has 0 bridgehead atoms. The fraction of sp³-hybridized carbons (Fsp3) is 0.596. The number of fused-ring (bicyclic) bond motifs is 1. The van der Waals surface area contributed by atoms with Gasteiger partial charge in [-0.1, -0.05) is 24.3 Å². The summed E-state index contributed by atoms with van der Waals surface area (Å²) in [7, 11) is -0.904. The lowest BCUT2D eigenvalue weighted by Crippen LogP contribution is -2.51. The normalized spacial score (nSPS) is 24.7. The average molecular weight is 870 g/mol. The maximum atomic E-state index is 15.2. The molecule has 62 heavy (non-hydrogen) atoms. The summed E-state index contributed by atoms with van der Waals surface area (Å²) in [5.74, 6) is 1.18. The monoisotopic (exact) mass is 869 g/mol. The zero-order valence-corrected chi connectivity index (χ0v) is 37.1. The molecule has 2 atom stereocenters. The Bertz CT molecular complexity index is 2290. The molecule has 4 saturated heterocycles. The van der Waals surface area contributed by atoms with Gasteiger partial charge in [-0.05, 0) is 140 Å². The number of amides is 2. The number of piperidine rings is 4. The van der Waals surface area contributed by atoms with E-state index in [0.29, 0.717) is 53.5 Å². The van der Waals surface area contributed by atoms with E-state index in [0.717, 1.165) is 102 Å². The maximum absolute atomic E-state index is 15.2. The lowest BCUT2D eigenvalue weighted by atomic mass is 9.77. The van der Waals surface area contributed by atoms with Gasteiger partial charge < -0.3 is 19.7 Å². The number of benzene rings is 2. The number of anilines is 1. The largest absolute Gasteiger partial charge is 0.351 e. The SMILES string of the molecule is Cc1nc2c(F)cc(-c3nc(NC4CCN(CS(=O)C5CCN(CC6CC(N7CCC(c8cccc(C9CCC(=O)NC9=O)c8)CC7)C6)CC5)CC4)ncc3F)cc2n1C(C)C. The molecule has 2 amide bonds. The second-order valence-corrected chi connectivity index (χ2v) is 20.5. The van der Waals surface area contributed by atoms with Crippen molar-refractivity contribution >= 4 is 39.6 Å². The summed E-state index contributed by atoms with van der Waals surface area (Å²) in [4.78, 5) is 44.8. The lowest BCUT2D eigenvalue weighted by Gasteiger charge is -2.47. The molecule has 15 heteroatoms. The number of likely N-dealkylation sites (tertiary alicyclic amines) is 3. The Hall–Kier alpha value is -4.18. The predicted molar refractivity (Wildman–Crippen MR) is 238 cm³/mol. The van der Waals surface area contributed by atoms with Gasteiger partial charge in [0, 0.05) is 65.8 Å². The van der Waals surface area contributed by atoms with Gasteiger partial charge in [-0.3, -0.25) is 24.0 Å². The highest BCUT2D eigenvalue weighted by Crippen LogP contribution is 2.38. The summed E-state index contributed by atoms with van der Waals surface area (Å²) in [5, 5.41) is 6.13. The quantitative estimate of drug-likeness (QED) is 0.146. The molecule has 4 aromatic rings. The van der Waals surface area contributed by atoms with Crippen LogP contribution in [0.25, 0.3) is 22.3 Å². The van der Waals surface area contributed by atoms with Gasteiger partial charge >= 0.3 is 0 Å². The Morgan fingerprint density at radius 2 is 1.60 bits per heavy atom. The van der Waals surface area contributed by atoms with E-state index in [4.69, 9.17) is 0 Å². The van der Waals surface area contributed by atoms with E-state index < -0.39 is 22.4 Å². The van der Waals surface area contributed by atoms with E-state index in [-0.39, 0.29) is 46.3 Å². The number of aromatic nitrogens is 4. The minimum Gasteiger partial charge on any atom is -0.351 e. The summed E-state index contributed by atoms with van der Waals surface area (Å²) in [6, 6.07) is 12.4. The van der Waals surface area contributed by atoms with Crippen molar-refractivity contribution in [1.82, 2.24) is 39.5 Å². The predicted octanol–water partition coefficient (Wildman–Crippen LogP) is 6.89. The molecule has 2 unspecified atom stereocenters. The van der Waals surface area contributed by atoms with Crippen LogP contribution in [0.3, 0.4) is 0 Å². The summed E-state index contributed by atoms with van der Waals surface area (Å²) in [6.07, 6.45) is 10.6. The van der Waals surface area contributed by atoms with Crippen molar-refractivity contribution in [3.8, 4) is 11.3 Å². The number of nitrogens with one attached hydrogen (secondary N) is 2. The highest BCUT2D eigenvalue weighted by atomic mass is 32.2. The number of hydrogen-bond donors (Lipinski definition) is 2. The number of halogens is 2. The molecule has 12 nitrogen and oxygen atoms in total. The van der Waals surface area contributed by atoms with Crippen LogP contribution in [0.5, 0.6) is 0 Å². The zero-order chi connectivity index (χ0) is 43.1. The maximum Gasteiger partial charge on any atom is 0.234 e. The molecule has 0 radical (unpaired) electrons. The van der Waals surface area contributed by atoms with E-state index in [1.54, 1.807) is 6.07 Å². The van der Waals surface area contributed by atoms with Gasteiger partial charge in [-0.2, -0.15) is 0 Å². The second kappa shape index (κ2) is 18.5. The van der Waals surface area contributed by atoms with Crippen molar-refractivity contribution in [2.24, 2.45) is 5.92 Å². The van der Waals surface area contributed by atoms with Crippen molar-refractivity contribution < 1.29 is 22.6 Å². The molecular weight excluding hydrogens is 809 g/mol. The first kappa shape index (κ1) is 43.1. The van der Waals surface area contributed by atoms with E-state index in [9.17, 15) is 13.8 Å². The summed E-state index contributed by atoms with van der Waals surface area (Å²) in [6.45, 7) is 12.9. The number of carbonyl (C=O) groups is 2. The highest BCUT2D eigenvalue weighted by Gasteiger charge is 2.38. The van der Waals surface area contributed by atoms with Crippen molar-refractivity contribution in [2.75, 3.05) is 57.0 Å². The molecule has 1 aliphatic carbocycles. The number of imidazole rings is 1. The molecule has 6 heterocycles. The Balaban J connectivity index is 0.676. The zero-order valence-electron chi connectivity index (χ0n) is 36.3. The van der Waals surface area contributed by atoms with Gasteiger partial charge in [0.1, 0.15) is 17.0 Å². The molecule has 5 fully saturated rings. The third-order valence-electron chi connectivity index (χ3n) is 14.4. The van der Waals surface area contributed by atoms with E-state index in [2.05, 4.69) is 58.5 Å². The third-order valence-corrected chi connectivity index (χ3v) is 16.2. The van der Waals surface area contributed by atoms with Crippen molar-refractivity contribution in [1.29, 1.82) is 0 Å². The van der Waals surface area contributed by atoms with Crippen LogP contribution in [0.1, 0.15) is 113 Å². The molecule has 2 aromatic heterocycles. The molecule has 2 N–H and O–H groups in total. The number of aryl methyl sites for hydroxylation is 1. The first-order valence-corrected chi connectivity index (χ1v) is 24.3. The molecule has 1 saturated carbocycles. The van der Waals surface area contributed by atoms with Crippen LogP contribution in [-0.2, 0) is 20.4 Å². The number of rotatable bonds is 12. The Kier molecular flexibility index (Phi) is 12.9. The van der Waals surface area contributed by atoms with Crippen LogP contribution in [0.2, 0.25) is 0 Å². The minimum atomic E-state index is -0.904. The molecule has 4 aliphatic heterocycles. The smallest absolute Gasteiger partial charge is 0.234 e. The molecule has 5 aliphatic rings. The van der Waals surface area contributed by atoms with E-state index >= 15 is 8.78 Å². The van der Waals surface area contributed by atoms with Crippen LogP contribution in [0, 0.1) is 24.5 Å². The lowest BCUT2D eigenvalue weighted by molar-refractivity contribution is -0.134. The van der Waals surface area contributed by atoms with Gasteiger partial charge in [0.15, 0.2) is 11.6 Å². The van der Waals surface area contributed by atoms with Crippen molar-refractivity contribution in [3.63, 3.8) is 0 Å². The molecule has 9 rings (SSSR count). The first-order chi connectivity index (χ1) is 29.9. The first-order valence-electron chi connectivity index (χ1n) is 22.9. The summed E-state index contributed by atoms with van der Waals surface area (Å²) < 4.78 is 45.8. The number of imide groups is 1. The molecule has 0 spiro atoms. The van der Waals surface area contributed by atoms with Crippen LogP contribution in [0.4, 0.5) is 14.7 Å². The Morgan fingerprint density at radius 1 is 0.871 bits per heavy atom. The Morgan fingerprint density at radius 3 is 2.32 bits per heavy atom. The molecule has 332 valence electrons. The summed E-state index contributed by atoms with van der Waals surface area (Å²) in [5.41, 5.74) is 3.63. The van der Waals surface area contributed by atoms with Gasteiger partial charge in [-0.25, -0.2) is 23.7 Å². The van der Waals surface area contributed by atoms with E-state index in [1.807, 2.05) is 31.4 Å². The topological polar surface area (TPSA) is 129 Å². The Labute approximate surface area is 366 Å². The fourth-order valence-corrected chi connectivity index (χ4v) is 12.4. The molecule has 2 aromatic carbocycles. The number of hydrogen-bond acceptors (Lipinski definition) is 10. The van der Waals surface area contributed by atoms with Gasteiger partial charge in [0.25, 0.3) is 0 Å². The van der Waals surface area contributed by atoms with Crippen LogP contribution < -0.4 is 10.6 Å². The van der Waals surface area contributed by atoms with Gasteiger partial charge in [0.05, 0.1) is 23.5 Å². The second-order valence-electron chi connectivity index (χ2n) is 18.9. The van der Waals surface area contributed by atoms with Crippen molar-refractivity contribution in [3.05, 3.63) is 71.2 Å². The van der Waals surface area contributed by atoms with Crippen molar-refractivity contribution in [2.45, 2.75) is 120 Å². The average Bonchev–Trinajstić information content (AvgIpc) is 3.60. The third kappa shape index (κ3) is 9.37. The van der Waals surface area contributed by atoms with Crippen LogP contribution >= 0.6 is 0 Å². The van der Waals surface area contributed by atoms with Gasteiger partial charge in [0.2, 0.25) is 17.8 Å². The highest BCUT2D eigenvalue weighted by molar-refractivity contribution is 7.85. The minimum absolute atomic E-state index is 0.0507. The van der Waals surface area contributed by atoms with Crippen LogP contribution in [0.15, 0.2) is 42.6 Å². The summed E-state index contributed by atoms with van der Waals surface area (Å²) >= 11 is 0. The standard InChI is InChI=1S/C47H61F2N9O3S/c1-29(2)58-30(3)51-45-40(48)24-35(25-42(45)58)44-41(49)26-50-47(54-44)52-36-11-15-56(16-12-36)28-62(61)38-13-17-55(18-14-38)27-31-21-37(22-31)57-19-9-32(10-20-57)33-5-4-6-34(23-33)39-7-8-43(59)53-46(39)60/h4-6,23-26,29,31-32,36-39H,7-22,27-28H2,1-3H3,(H,50,52,54)(H,53,59,60). The number of nitrogens with zero attached hydrogens (tertiary/aromatic N) is 7.